The van der Waals surface area contributed by atoms with E-state index in [9.17, 15) is 20.1 Å². The van der Waals surface area contributed by atoms with E-state index in [0.717, 1.165) is 0 Å². The number of nitrogens with one attached hydrogen (secondary N) is 2. The molecule has 8 heteroatoms. The monoisotopic (exact) mass is 312 g/mol. The normalized spacial score (nSPS) is 31.6. The maximum Gasteiger partial charge on any atom is 0.221 e. The molecule has 1 aromatic carbocycles. The lowest BCUT2D eigenvalue weighted by Gasteiger charge is -2.40. The van der Waals surface area contributed by atoms with Crippen LogP contribution in [-0.4, -0.2) is 63.6 Å². The first-order chi connectivity index (χ1) is 10.4. The summed E-state index contributed by atoms with van der Waals surface area (Å²) in [5, 5.41) is 43.9. The van der Waals surface area contributed by atoms with Crippen molar-refractivity contribution in [2.24, 2.45) is 0 Å². The maximum atomic E-state index is 10.9. The van der Waals surface area contributed by atoms with Gasteiger partial charge in [-0.05, 0) is 24.3 Å². The Morgan fingerprint density at radius 1 is 1.09 bits per heavy atom. The minimum absolute atomic E-state index is 0.186. The molecule has 1 heterocycles. The summed E-state index contributed by atoms with van der Waals surface area (Å²) in [5.74, 6) is -0.186. The van der Waals surface area contributed by atoms with E-state index in [2.05, 4.69) is 10.6 Å². The van der Waals surface area contributed by atoms with E-state index < -0.39 is 37.3 Å². The number of aliphatic hydroxyl groups excluding tert-OH is 4. The van der Waals surface area contributed by atoms with Crippen LogP contribution in [0.15, 0.2) is 24.3 Å². The van der Waals surface area contributed by atoms with E-state index in [-0.39, 0.29) is 5.91 Å². The van der Waals surface area contributed by atoms with Gasteiger partial charge in [-0.3, -0.25) is 4.79 Å². The first kappa shape index (κ1) is 16.7. The van der Waals surface area contributed by atoms with Gasteiger partial charge in [-0.2, -0.15) is 0 Å². The molecule has 0 aliphatic carbocycles. The molecular weight excluding hydrogens is 292 g/mol. The molecule has 0 bridgehead atoms. The minimum Gasteiger partial charge on any atom is -0.394 e. The van der Waals surface area contributed by atoms with E-state index in [4.69, 9.17) is 9.84 Å². The standard InChI is InChI=1S/C14H20N2O6/c1-7(18)15-8-2-4-9(5-3-8)16-14-13(21)12(20)11(19)10(6-17)22-14/h2-5,10-14,16-17,19-21H,6H2,1H3,(H,15,18)/t10-,11-,12+,13+,14-/m1/s1. The van der Waals surface area contributed by atoms with E-state index in [1.807, 2.05) is 0 Å². The van der Waals surface area contributed by atoms with Crippen molar-refractivity contribution in [2.75, 3.05) is 17.2 Å². The number of hydrogen-bond donors (Lipinski definition) is 6. The Morgan fingerprint density at radius 2 is 1.68 bits per heavy atom. The first-order valence-electron chi connectivity index (χ1n) is 6.87. The fourth-order valence-corrected chi connectivity index (χ4v) is 2.24. The number of anilines is 2. The third-order valence-electron chi connectivity index (χ3n) is 3.41. The third-order valence-corrected chi connectivity index (χ3v) is 3.41. The fraction of sp³-hybridized carbons (Fsp3) is 0.500. The molecule has 122 valence electrons. The quantitative estimate of drug-likeness (QED) is 0.414. The second-order valence-electron chi connectivity index (χ2n) is 5.15. The van der Waals surface area contributed by atoms with Crippen LogP contribution < -0.4 is 10.6 Å². The Morgan fingerprint density at radius 3 is 2.23 bits per heavy atom. The number of aliphatic hydroxyl groups is 4. The lowest BCUT2D eigenvalue weighted by Crippen LogP contribution is -2.60. The zero-order valence-electron chi connectivity index (χ0n) is 12.0. The van der Waals surface area contributed by atoms with Crippen LogP contribution in [0.4, 0.5) is 11.4 Å². The lowest BCUT2D eigenvalue weighted by atomic mass is 9.98. The first-order valence-corrected chi connectivity index (χ1v) is 6.87. The molecule has 0 aromatic heterocycles. The fourth-order valence-electron chi connectivity index (χ4n) is 2.24. The maximum absolute atomic E-state index is 10.9. The average Bonchev–Trinajstić information content (AvgIpc) is 2.49. The summed E-state index contributed by atoms with van der Waals surface area (Å²) < 4.78 is 5.34. The van der Waals surface area contributed by atoms with Gasteiger partial charge in [0.25, 0.3) is 0 Å². The highest BCUT2D eigenvalue weighted by Gasteiger charge is 2.43. The predicted octanol–water partition coefficient (Wildman–Crippen LogP) is -1.14. The number of rotatable bonds is 4. The highest BCUT2D eigenvalue weighted by atomic mass is 16.6. The van der Waals surface area contributed by atoms with E-state index in [1.54, 1.807) is 24.3 Å². The molecule has 1 amide bonds. The summed E-state index contributed by atoms with van der Waals surface area (Å²) >= 11 is 0. The Hall–Kier alpha value is -1.71. The Kier molecular flexibility index (Phi) is 5.33. The summed E-state index contributed by atoms with van der Waals surface area (Å²) in [5.41, 5.74) is 1.20. The van der Waals surface area contributed by atoms with Crippen LogP contribution in [0, 0.1) is 0 Å². The highest BCUT2D eigenvalue weighted by molar-refractivity contribution is 5.88. The van der Waals surface area contributed by atoms with Gasteiger partial charge in [0.15, 0.2) is 6.23 Å². The molecule has 0 saturated carbocycles. The molecule has 6 N–H and O–H groups in total. The number of carbonyl (C=O) groups is 1. The van der Waals surface area contributed by atoms with E-state index in [1.165, 1.54) is 6.92 Å². The molecule has 1 fully saturated rings. The van der Waals surface area contributed by atoms with E-state index in [0.29, 0.717) is 11.4 Å². The van der Waals surface area contributed by atoms with Crippen molar-refractivity contribution in [1.82, 2.24) is 0 Å². The molecule has 1 aromatic rings. The van der Waals surface area contributed by atoms with Crippen LogP contribution in [0.3, 0.4) is 0 Å². The van der Waals surface area contributed by atoms with Crippen molar-refractivity contribution < 1.29 is 30.0 Å². The highest BCUT2D eigenvalue weighted by Crippen LogP contribution is 2.23. The number of amides is 1. The van der Waals surface area contributed by atoms with Crippen LogP contribution in [0.5, 0.6) is 0 Å². The number of hydrogen-bond acceptors (Lipinski definition) is 7. The topological polar surface area (TPSA) is 131 Å². The van der Waals surface area contributed by atoms with Gasteiger partial charge in [-0.15, -0.1) is 0 Å². The molecule has 2 rings (SSSR count). The van der Waals surface area contributed by atoms with Gasteiger partial charge in [0, 0.05) is 18.3 Å². The van der Waals surface area contributed by atoms with Gasteiger partial charge in [-0.25, -0.2) is 0 Å². The Balaban J connectivity index is 2.04. The smallest absolute Gasteiger partial charge is 0.221 e. The van der Waals surface area contributed by atoms with Gasteiger partial charge < -0.3 is 35.8 Å². The third kappa shape index (κ3) is 3.73. The number of benzene rings is 1. The molecule has 0 unspecified atom stereocenters. The van der Waals surface area contributed by atoms with Crippen molar-refractivity contribution in [3.05, 3.63) is 24.3 Å². The second kappa shape index (κ2) is 7.03. The summed E-state index contributed by atoms with van der Waals surface area (Å²) in [4.78, 5) is 10.9. The van der Waals surface area contributed by atoms with Crippen molar-refractivity contribution in [3.63, 3.8) is 0 Å². The molecule has 1 saturated heterocycles. The average molecular weight is 312 g/mol. The molecule has 22 heavy (non-hydrogen) atoms. The van der Waals surface area contributed by atoms with Gasteiger partial charge in [0.1, 0.15) is 24.4 Å². The van der Waals surface area contributed by atoms with Crippen molar-refractivity contribution in [3.8, 4) is 0 Å². The molecule has 1 aliphatic rings. The molecule has 1 aliphatic heterocycles. The minimum atomic E-state index is -1.43. The zero-order valence-corrected chi connectivity index (χ0v) is 12.0. The van der Waals surface area contributed by atoms with Gasteiger partial charge in [-0.1, -0.05) is 0 Å². The van der Waals surface area contributed by atoms with Gasteiger partial charge in [0.05, 0.1) is 6.61 Å². The summed E-state index contributed by atoms with van der Waals surface area (Å²) in [6, 6.07) is 6.64. The van der Waals surface area contributed by atoms with Crippen LogP contribution in [0.1, 0.15) is 6.92 Å². The molecular formula is C14H20N2O6. The van der Waals surface area contributed by atoms with Crippen molar-refractivity contribution >= 4 is 17.3 Å². The van der Waals surface area contributed by atoms with Crippen molar-refractivity contribution in [2.45, 2.75) is 37.6 Å². The van der Waals surface area contributed by atoms with Crippen LogP contribution >= 0.6 is 0 Å². The molecule has 0 spiro atoms. The largest absolute Gasteiger partial charge is 0.394 e. The number of ether oxygens (including phenoxy) is 1. The zero-order chi connectivity index (χ0) is 16.3. The molecule has 5 atom stereocenters. The van der Waals surface area contributed by atoms with Crippen LogP contribution in [0.2, 0.25) is 0 Å². The predicted molar refractivity (Wildman–Crippen MR) is 78.1 cm³/mol. The summed E-state index contributed by atoms with van der Waals surface area (Å²) in [6.45, 7) is 0.921. The lowest BCUT2D eigenvalue weighted by molar-refractivity contribution is -0.221. The molecule has 0 radical (unpaired) electrons. The van der Waals surface area contributed by atoms with Gasteiger partial charge in [0.2, 0.25) is 5.91 Å². The summed E-state index contributed by atoms with van der Waals surface area (Å²) in [7, 11) is 0. The molecule has 8 nitrogen and oxygen atoms in total. The van der Waals surface area contributed by atoms with Crippen LogP contribution in [-0.2, 0) is 9.53 Å². The van der Waals surface area contributed by atoms with E-state index >= 15 is 0 Å². The number of carbonyl (C=O) groups excluding carboxylic acids is 1. The van der Waals surface area contributed by atoms with Gasteiger partial charge >= 0.3 is 0 Å². The Labute approximate surface area is 127 Å². The SMILES string of the molecule is CC(=O)Nc1ccc(N[C@@H]2O[C@H](CO)[C@@H](O)[C@H](O)[C@@H]2O)cc1. The summed E-state index contributed by atoms with van der Waals surface area (Å²) in [6.07, 6.45) is -6.12. The second-order valence-corrected chi connectivity index (χ2v) is 5.15. The van der Waals surface area contributed by atoms with Crippen molar-refractivity contribution in [1.29, 1.82) is 0 Å². The van der Waals surface area contributed by atoms with Crippen LogP contribution in [0.25, 0.3) is 0 Å². The Bertz CT molecular complexity index is 507.